The summed E-state index contributed by atoms with van der Waals surface area (Å²) in [5, 5.41) is 9.06. The standard InChI is InChI=1S/C16H20F3N3O2S/c1-11(2)14-10-21(6-7-22(14)16(17,18)19)13-5-4-12(9-20)15(8-13)25(3,23)24/h4-5,8,11,14H,6-7,10H2,1-3H3/t14-/m1/s1. The zero-order valence-corrected chi connectivity index (χ0v) is 15.0. The van der Waals surface area contributed by atoms with Crippen LogP contribution < -0.4 is 4.90 Å². The van der Waals surface area contributed by atoms with Crippen LogP contribution in [0.4, 0.5) is 18.9 Å². The second-order valence-electron chi connectivity index (χ2n) is 6.48. The molecule has 0 radical (unpaired) electrons. The Hall–Kier alpha value is -1.79. The molecule has 0 aromatic heterocycles. The van der Waals surface area contributed by atoms with E-state index in [9.17, 15) is 21.6 Å². The van der Waals surface area contributed by atoms with Gasteiger partial charge in [-0.25, -0.2) is 13.3 Å². The van der Waals surface area contributed by atoms with Gasteiger partial charge in [-0.05, 0) is 24.1 Å². The summed E-state index contributed by atoms with van der Waals surface area (Å²) < 4.78 is 63.3. The largest absolute Gasteiger partial charge is 0.460 e. The van der Waals surface area contributed by atoms with Gasteiger partial charge in [0.2, 0.25) is 0 Å². The minimum atomic E-state index is -4.40. The summed E-state index contributed by atoms with van der Waals surface area (Å²) in [6, 6.07) is 5.44. The number of hydrogen-bond donors (Lipinski definition) is 0. The predicted octanol–water partition coefficient (Wildman–Crippen LogP) is 2.63. The monoisotopic (exact) mass is 375 g/mol. The SMILES string of the molecule is CC(C)[C@H]1CN(c2ccc(C#N)c(S(C)(=O)=O)c2)CCN1C(F)(F)F. The Kier molecular flexibility index (Phi) is 5.35. The first-order chi connectivity index (χ1) is 11.4. The highest BCUT2D eigenvalue weighted by atomic mass is 32.2. The summed E-state index contributed by atoms with van der Waals surface area (Å²) in [5.74, 6) is -0.225. The Morgan fingerprint density at radius 1 is 1.28 bits per heavy atom. The zero-order valence-electron chi connectivity index (χ0n) is 14.2. The fourth-order valence-electron chi connectivity index (χ4n) is 3.04. The van der Waals surface area contributed by atoms with Gasteiger partial charge in [-0.1, -0.05) is 13.8 Å². The van der Waals surface area contributed by atoms with Crippen LogP contribution in [0.25, 0.3) is 0 Å². The summed E-state index contributed by atoms with van der Waals surface area (Å²) in [6.07, 6.45) is -3.39. The molecule has 138 valence electrons. The average molecular weight is 375 g/mol. The molecule has 2 rings (SSSR count). The van der Waals surface area contributed by atoms with Crippen molar-refractivity contribution in [2.24, 2.45) is 5.92 Å². The van der Waals surface area contributed by atoms with E-state index in [2.05, 4.69) is 0 Å². The summed E-state index contributed by atoms with van der Waals surface area (Å²) in [5.41, 5.74) is 0.535. The van der Waals surface area contributed by atoms with E-state index in [4.69, 9.17) is 5.26 Å². The van der Waals surface area contributed by atoms with Crippen LogP contribution >= 0.6 is 0 Å². The van der Waals surface area contributed by atoms with Crippen molar-refractivity contribution in [3.8, 4) is 6.07 Å². The zero-order chi connectivity index (χ0) is 19.0. The molecule has 1 aliphatic heterocycles. The lowest BCUT2D eigenvalue weighted by Crippen LogP contribution is -2.59. The van der Waals surface area contributed by atoms with Gasteiger partial charge in [0.15, 0.2) is 9.84 Å². The van der Waals surface area contributed by atoms with E-state index in [0.29, 0.717) is 10.6 Å². The Morgan fingerprint density at radius 2 is 1.92 bits per heavy atom. The quantitative estimate of drug-likeness (QED) is 0.760. The third-order valence-electron chi connectivity index (χ3n) is 4.36. The Morgan fingerprint density at radius 3 is 2.40 bits per heavy atom. The van der Waals surface area contributed by atoms with Crippen molar-refractivity contribution in [2.45, 2.75) is 31.1 Å². The molecule has 5 nitrogen and oxygen atoms in total. The molecule has 0 N–H and O–H groups in total. The smallest absolute Gasteiger partial charge is 0.369 e. The third-order valence-corrected chi connectivity index (χ3v) is 5.50. The molecule has 0 saturated carbocycles. The van der Waals surface area contributed by atoms with E-state index in [1.165, 1.54) is 12.1 Å². The molecular weight excluding hydrogens is 355 g/mol. The second-order valence-corrected chi connectivity index (χ2v) is 8.47. The maximum Gasteiger partial charge on any atom is 0.460 e. The van der Waals surface area contributed by atoms with Crippen molar-refractivity contribution < 1.29 is 21.6 Å². The van der Waals surface area contributed by atoms with E-state index >= 15 is 0 Å². The number of nitriles is 1. The van der Waals surface area contributed by atoms with Crippen molar-refractivity contribution >= 4 is 15.5 Å². The Bertz CT molecular complexity index is 785. The fourth-order valence-corrected chi connectivity index (χ4v) is 3.88. The Labute approximate surface area is 145 Å². The van der Waals surface area contributed by atoms with Crippen molar-refractivity contribution in [3.63, 3.8) is 0 Å². The molecule has 0 bridgehead atoms. The van der Waals surface area contributed by atoms with E-state index in [-0.39, 0.29) is 36.0 Å². The lowest BCUT2D eigenvalue weighted by Gasteiger charge is -2.44. The Balaban J connectivity index is 2.36. The van der Waals surface area contributed by atoms with Gasteiger partial charge in [0, 0.05) is 37.6 Å². The van der Waals surface area contributed by atoms with Crippen LogP contribution in [0.1, 0.15) is 19.4 Å². The number of sulfone groups is 1. The van der Waals surface area contributed by atoms with Gasteiger partial charge in [0.05, 0.1) is 10.5 Å². The van der Waals surface area contributed by atoms with Crippen LogP contribution in [-0.4, -0.2) is 51.5 Å². The van der Waals surface area contributed by atoms with Gasteiger partial charge >= 0.3 is 6.30 Å². The lowest BCUT2D eigenvalue weighted by molar-refractivity contribution is -0.263. The van der Waals surface area contributed by atoms with E-state index in [1.807, 2.05) is 6.07 Å². The van der Waals surface area contributed by atoms with Crippen LogP contribution in [0.5, 0.6) is 0 Å². The maximum atomic E-state index is 13.2. The van der Waals surface area contributed by atoms with Gasteiger partial charge in [-0.15, -0.1) is 0 Å². The summed E-state index contributed by atoms with van der Waals surface area (Å²) in [4.78, 5) is 2.17. The molecular formula is C16H20F3N3O2S. The predicted molar refractivity (Wildman–Crippen MR) is 87.9 cm³/mol. The van der Waals surface area contributed by atoms with Crippen LogP contribution in [-0.2, 0) is 9.84 Å². The number of halogens is 3. The highest BCUT2D eigenvalue weighted by Gasteiger charge is 2.45. The molecule has 1 atom stereocenters. The average Bonchev–Trinajstić information content (AvgIpc) is 2.52. The maximum absolute atomic E-state index is 13.2. The summed E-state index contributed by atoms with van der Waals surface area (Å²) in [7, 11) is -3.61. The van der Waals surface area contributed by atoms with Gasteiger partial charge in [0.1, 0.15) is 6.07 Å². The van der Waals surface area contributed by atoms with Crippen LogP contribution in [0.2, 0.25) is 0 Å². The molecule has 0 amide bonds. The highest BCUT2D eigenvalue weighted by molar-refractivity contribution is 7.90. The van der Waals surface area contributed by atoms with Crippen molar-refractivity contribution in [2.75, 3.05) is 30.8 Å². The number of hydrogen-bond acceptors (Lipinski definition) is 5. The van der Waals surface area contributed by atoms with Crippen molar-refractivity contribution in [3.05, 3.63) is 23.8 Å². The van der Waals surface area contributed by atoms with E-state index in [1.54, 1.807) is 24.8 Å². The first-order valence-electron chi connectivity index (χ1n) is 7.77. The molecule has 1 aliphatic rings. The van der Waals surface area contributed by atoms with Crippen LogP contribution in [0, 0.1) is 17.2 Å². The first-order valence-corrected chi connectivity index (χ1v) is 9.67. The normalized spacial score (nSPS) is 19.9. The molecule has 1 aromatic rings. The van der Waals surface area contributed by atoms with Gasteiger partial charge in [-0.3, -0.25) is 0 Å². The minimum absolute atomic E-state index is 0.0283. The molecule has 1 fully saturated rings. The topological polar surface area (TPSA) is 64.4 Å². The van der Waals surface area contributed by atoms with E-state index in [0.717, 1.165) is 6.26 Å². The molecule has 9 heteroatoms. The lowest BCUT2D eigenvalue weighted by atomic mass is 9.99. The second kappa shape index (κ2) is 6.84. The molecule has 25 heavy (non-hydrogen) atoms. The minimum Gasteiger partial charge on any atom is -0.369 e. The molecule has 0 unspecified atom stereocenters. The van der Waals surface area contributed by atoms with Gasteiger partial charge < -0.3 is 4.90 Å². The molecule has 1 aromatic carbocycles. The molecule has 0 aliphatic carbocycles. The molecule has 0 spiro atoms. The number of piperazine rings is 1. The van der Waals surface area contributed by atoms with Gasteiger partial charge in [0.25, 0.3) is 0 Å². The number of anilines is 1. The number of nitrogens with zero attached hydrogens (tertiary/aromatic N) is 3. The summed E-state index contributed by atoms with van der Waals surface area (Å²) >= 11 is 0. The van der Waals surface area contributed by atoms with Gasteiger partial charge in [-0.2, -0.15) is 18.4 Å². The fraction of sp³-hybridized carbons (Fsp3) is 0.562. The number of alkyl halides is 3. The van der Waals surface area contributed by atoms with Crippen molar-refractivity contribution in [1.29, 1.82) is 5.26 Å². The van der Waals surface area contributed by atoms with Crippen LogP contribution in [0.15, 0.2) is 23.1 Å². The highest BCUT2D eigenvalue weighted by Crippen LogP contribution is 2.32. The number of rotatable bonds is 3. The summed E-state index contributed by atoms with van der Waals surface area (Å²) in [6.45, 7) is 3.52. The molecule has 1 heterocycles. The first kappa shape index (κ1) is 19.5. The van der Waals surface area contributed by atoms with Crippen molar-refractivity contribution in [1.82, 2.24) is 4.90 Å². The number of benzene rings is 1. The molecule has 1 saturated heterocycles. The van der Waals surface area contributed by atoms with Crippen LogP contribution in [0.3, 0.4) is 0 Å². The van der Waals surface area contributed by atoms with E-state index < -0.39 is 22.2 Å². The third kappa shape index (κ3) is 4.25.